The number of hydrogen-bond donors (Lipinski definition) is 1. The maximum Gasteiger partial charge on any atom is 0.341 e. The van der Waals surface area contributed by atoms with Crippen molar-refractivity contribution in [3.05, 3.63) is 69.8 Å². The van der Waals surface area contributed by atoms with Crippen LogP contribution in [0.4, 0.5) is 8.78 Å². The van der Waals surface area contributed by atoms with Gasteiger partial charge in [0.25, 0.3) is 0 Å². The Morgan fingerprint density at radius 2 is 1.88 bits per heavy atom. The molecule has 2 aromatic rings. The standard InChI is InChI=1S/C20H20F2O3/c1-2-16-10-15-8-7-14(19(22)18(15)20(24)25-16)6-5-13-4-3-12(11-23)9-17(13)21/h3-4,7-9,16,23H,2,5-6,10-11H2,1H3. The van der Waals surface area contributed by atoms with Crippen molar-refractivity contribution in [1.82, 2.24) is 0 Å². The fourth-order valence-corrected chi connectivity index (χ4v) is 3.13. The Morgan fingerprint density at radius 3 is 2.56 bits per heavy atom. The number of carbonyl (C=O) groups excluding carboxylic acids is 1. The van der Waals surface area contributed by atoms with Crippen molar-refractivity contribution in [1.29, 1.82) is 0 Å². The number of fused-ring (bicyclic) bond motifs is 1. The third kappa shape index (κ3) is 3.56. The van der Waals surface area contributed by atoms with Gasteiger partial charge in [-0.25, -0.2) is 13.6 Å². The van der Waals surface area contributed by atoms with Gasteiger partial charge in [0.2, 0.25) is 0 Å². The van der Waals surface area contributed by atoms with Gasteiger partial charge in [0.15, 0.2) is 0 Å². The van der Waals surface area contributed by atoms with Crippen LogP contribution < -0.4 is 0 Å². The molecule has 0 aliphatic carbocycles. The van der Waals surface area contributed by atoms with Crippen LogP contribution in [0.5, 0.6) is 0 Å². The van der Waals surface area contributed by atoms with E-state index in [2.05, 4.69) is 0 Å². The lowest BCUT2D eigenvalue weighted by molar-refractivity contribution is 0.0242. The Morgan fingerprint density at radius 1 is 1.16 bits per heavy atom. The first kappa shape index (κ1) is 17.5. The molecule has 1 atom stereocenters. The van der Waals surface area contributed by atoms with E-state index in [0.717, 1.165) is 0 Å². The molecule has 2 aromatic carbocycles. The number of cyclic esters (lactones) is 1. The van der Waals surface area contributed by atoms with Gasteiger partial charge in [0, 0.05) is 6.42 Å². The molecule has 0 saturated carbocycles. The van der Waals surface area contributed by atoms with Crippen molar-refractivity contribution in [2.45, 2.75) is 45.3 Å². The van der Waals surface area contributed by atoms with Crippen LogP contribution in [0.25, 0.3) is 0 Å². The number of ether oxygens (including phenoxy) is 1. The van der Waals surface area contributed by atoms with Crippen LogP contribution >= 0.6 is 0 Å². The number of aliphatic hydroxyl groups excluding tert-OH is 1. The van der Waals surface area contributed by atoms with Crippen molar-refractivity contribution in [2.75, 3.05) is 0 Å². The van der Waals surface area contributed by atoms with Gasteiger partial charge >= 0.3 is 5.97 Å². The van der Waals surface area contributed by atoms with Gasteiger partial charge in [-0.15, -0.1) is 0 Å². The maximum absolute atomic E-state index is 14.7. The zero-order valence-corrected chi connectivity index (χ0v) is 14.0. The lowest BCUT2D eigenvalue weighted by atomic mass is 9.93. The van der Waals surface area contributed by atoms with E-state index >= 15 is 0 Å². The smallest absolute Gasteiger partial charge is 0.341 e. The van der Waals surface area contributed by atoms with Gasteiger partial charge in [0.1, 0.15) is 17.7 Å². The predicted octanol–water partition coefficient (Wildman–Crippen LogP) is 3.73. The van der Waals surface area contributed by atoms with E-state index in [4.69, 9.17) is 9.84 Å². The van der Waals surface area contributed by atoms with Crippen LogP contribution in [0, 0.1) is 11.6 Å². The highest BCUT2D eigenvalue weighted by molar-refractivity contribution is 5.92. The molecule has 0 fully saturated rings. The summed E-state index contributed by atoms with van der Waals surface area (Å²) >= 11 is 0. The Kier molecular flexibility index (Phi) is 5.13. The summed E-state index contributed by atoms with van der Waals surface area (Å²) < 4.78 is 34.0. The molecule has 0 spiro atoms. The van der Waals surface area contributed by atoms with E-state index in [1.165, 1.54) is 6.07 Å². The quantitative estimate of drug-likeness (QED) is 0.839. The van der Waals surface area contributed by atoms with Crippen molar-refractivity contribution in [3.63, 3.8) is 0 Å². The van der Waals surface area contributed by atoms with Gasteiger partial charge < -0.3 is 9.84 Å². The molecule has 25 heavy (non-hydrogen) atoms. The molecule has 0 saturated heterocycles. The van der Waals surface area contributed by atoms with Crippen molar-refractivity contribution < 1.29 is 23.4 Å². The molecule has 0 bridgehead atoms. The normalized spacial score (nSPS) is 16.5. The first-order valence-corrected chi connectivity index (χ1v) is 8.42. The van der Waals surface area contributed by atoms with Gasteiger partial charge in [-0.3, -0.25) is 0 Å². The van der Waals surface area contributed by atoms with Gasteiger partial charge in [-0.05, 0) is 47.6 Å². The Hall–Kier alpha value is -2.27. The molecule has 132 valence electrons. The fraction of sp³-hybridized carbons (Fsp3) is 0.350. The number of carbonyl (C=O) groups is 1. The Bertz CT molecular complexity index is 802. The average molecular weight is 346 g/mol. The summed E-state index contributed by atoms with van der Waals surface area (Å²) in [6.45, 7) is 1.70. The number of rotatable bonds is 5. The highest BCUT2D eigenvalue weighted by Crippen LogP contribution is 2.27. The number of aryl methyl sites for hydroxylation is 2. The number of hydrogen-bond acceptors (Lipinski definition) is 3. The third-order valence-electron chi connectivity index (χ3n) is 4.65. The van der Waals surface area contributed by atoms with Gasteiger partial charge in [-0.1, -0.05) is 31.2 Å². The fourth-order valence-electron chi connectivity index (χ4n) is 3.13. The summed E-state index contributed by atoms with van der Waals surface area (Å²) in [4.78, 5) is 12.1. The topological polar surface area (TPSA) is 46.5 Å². The molecule has 1 unspecified atom stereocenters. The summed E-state index contributed by atoms with van der Waals surface area (Å²) in [5.41, 5.74) is 2.00. The first-order chi connectivity index (χ1) is 12.0. The first-order valence-electron chi connectivity index (χ1n) is 8.42. The molecule has 3 nitrogen and oxygen atoms in total. The number of esters is 1. The largest absolute Gasteiger partial charge is 0.458 e. The SMILES string of the molecule is CCC1Cc2ccc(CCc3ccc(CO)cc3F)c(F)c2C(=O)O1. The zero-order chi connectivity index (χ0) is 18.0. The van der Waals surface area contributed by atoms with E-state index in [1.807, 2.05) is 6.92 Å². The minimum absolute atomic E-state index is 0.0123. The number of halogens is 2. The van der Waals surface area contributed by atoms with Gasteiger partial charge in [-0.2, -0.15) is 0 Å². The minimum Gasteiger partial charge on any atom is -0.458 e. The Balaban J connectivity index is 1.80. The van der Waals surface area contributed by atoms with Gasteiger partial charge in [0.05, 0.1) is 12.2 Å². The van der Waals surface area contributed by atoms with Crippen LogP contribution in [-0.2, 0) is 30.6 Å². The minimum atomic E-state index is -0.620. The predicted molar refractivity (Wildman–Crippen MR) is 89.3 cm³/mol. The van der Waals surface area contributed by atoms with Crippen LogP contribution in [0.2, 0.25) is 0 Å². The monoisotopic (exact) mass is 346 g/mol. The van der Waals surface area contributed by atoms with E-state index in [1.54, 1.807) is 24.3 Å². The second-order valence-electron chi connectivity index (χ2n) is 6.30. The van der Waals surface area contributed by atoms with Crippen LogP contribution in [0.15, 0.2) is 30.3 Å². The van der Waals surface area contributed by atoms with Crippen LogP contribution in [0.1, 0.15) is 46.0 Å². The van der Waals surface area contributed by atoms with Crippen molar-refractivity contribution >= 4 is 5.97 Å². The van der Waals surface area contributed by atoms with E-state index in [9.17, 15) is 13.6 Å². The molecule has 0 amide bonds. The lowest BCUT2D eigenvalue weighted by Gasteiger charge is -2.24. The molecule has 1 aliphatic heterocycles. The van der Waals surface area contributed by atoms with Crippen LogP contribution in [-0.4, -0.2) is 17.2 Å². The molecule has 3 rings (SSSR count). The molecule has 1 N–H and O–H groups in total. The highest BCUT2D eigenvalue weighted by Gasteiger charge is 2.29. The number of aliphatic hydroxyl groups is 1. The zero-order valence-electron chi connectivity index (χ0n) is 14.0. The summed E-state index contributed by atoms with van der Waals surface area (Å²) in [7, 11) is 0. The second kappa shape index (κ2) is 7.31. The summed E-state index contributed by atoms with van der Waals surface area (Å²) in [6.07, 6.45) is 1.59. The summed E-state index contributed by atoms with van der Waals surface area (Å²) in [6, 6.07) is 7.95. The molecular weight excluding hydrogens is 326 g/mol. The summed E-state index contributed by atoms with van der Waals surface area (Å²) in [5.74, 6) is -1.61. The van der Waals surface area contributed by atoms with E-state index in [-0.39, 0.29) is 24.7 Å². The average Bonchev–Trinajstić information content (AvgIpc) is 2.61. The third-order valence-corrected chi connectivity index (χ3v) is 4.65. The van der Waals surface area contributed by atoms with E-state index < -0.39 is 17.6 Å². The van der Waals surface area contributed by atoms with Crippen molar-refractivity contribution in [2.24, 2.45) is 0 Å². The second-order valence-corrected chi connectivity index (χ2v) is 6.30. The summed E-state index contributed by atoms with van der Waals surface area (Å²) in [5, 5.41) is 9.01. The molecule has 0 radical (unpaired) electrons. The Labute approximate surface area is 145 Å². The molecule has 1 aliphatic rings. The van der Waals surface area contributed by atoms with Crippen molar-refractivity contribution in [3.8, 4) is 0 Å². The highest BCUT2D eigenvalue weighted by atomic mass is 19.1. The molecule has 0 aromatic heterocycles. The van der Waals surface area contributed by atoms with Crippen LogP contribution in [0.3, 0.4) is 0 Å². The lowest BCUT2D eigenvalue weighted by Crippen LogP contribution is -2.28. The maximum atomic E-state index is 14.7. The number of benzene rings is 2. The molecular formula is C20H20F2O3. The van der Waals surface area contributed by atoms with E-state index in [0.29, 0.717) is 41.5 Å². The molecule has 5 heteroatoms. The molecule has 1 heterocycles.